The van der Waals surface area contributed by atoms with Crippen molar-refractivity contribution in [3.05, 3.63) is 52.9 Å². The Labute approximate surface area is 218 Å². The molecule has 4 heterocycles. The predicted octanol–water partition coefficient (Wildman–Crippen LogP) is 3.04. The van der Waals surface area contributed by atoms with Gasteiger partial charge in [0.05, 0.1) is 16.5 Å². The van der Waals surface area contributed by atoms with Crippen LogP contribution >= 0.6 is 15.9 Å². The van der Waals surface area contributed by atoms with Gasteiger partial charge in [0.1, 0.15) is 40.8 Å². The smallest absolute Gasteiger partial charge is 0.337 e. The molecular formula is C25H22BrN7O4. The van der Waals surface area contributed by atoms with Crippen LogP contribution in [0.2, 0.25) is 0 Å². The van der Waals surface area contributed by atoms with E-state index in [1.54, 1.807) is 39.8 Å². The average Bonchev–Trinajstić information content (AvgIpc) is 3.25. The van der Waals surface area contributed by atoms with Crippen molar-refractivity contribution in [1.29, 1.82) is 0 Å². The van der Waals surface area contributed by atoms with E-state index in [4.69, 9.17) is 5.73 Å². The number of pyridine rings is 1. The number of rotatable bonds is 5. The van der Waals surface area contributed by atoms with Crippen molar-refractivity contribution >= 4 is 67.3 Å². The number of carboxylic acid groups (broad SMARTS) is 1. The Bertz CT molecular complexity index is 1640. The summed E-state index contributed by atoms with van der Waals surface area (Å²) >= 11 is 3.30. The summed E-state index contributed by atoms with van der Waals surface area (Å²) in [6.45, 7) is 1.87. The molecule has 4 aromatic rings. The molecule has 37 heavy (non-hydrogen) atoms. The normalized spacial score (nSPS) is 22.3. The maximum atomic E-state index is 13.8. The third kappa shape index (κ3) is 3.70. The van der Waals surface area contributed by atoms with Gasteiger partial charge in [-0.1, -0.05) is 25.1 Å². The predicted molar refractivity (Wildman–Crippen MR) is 139 cm³/mol. The number of halogens is 1. The van der Waals surface area contributed by atoms with Gasteiger partial charge in [-0.2, -0.15) is 0 Å². The Hall–Kier alpha value is -4.06. The van der Waals surface area contributed by atoms with Gasteiger partial charge in [0.15, 0.2) is 0 Å². The Kier molecular flexibility index (Phi) is 5.19. The van der Waals surface area contributed by atoms with E-state index in [2.05, 4.69) is 43.1 Å². The second kappa shape index (κ2) is 8.23. The first-order valence-electron chi connectivity index (χ1n) is 11.7. The fourth-order valence-corrected chi connectivity index (χ4v) is 5.93. The quantitative estimate of drug-likeness (QED) is 0.313. The minimum Gasteiger partial charge on any atom is -0.478 e. The number of amides is 2. The molecule has 3 aromatic heterocycles. The van der Waals surface area contributed by atoms with Crippen LogP contribution in [0.25, 0.3) is 21.9 Å². The fourth-order valence-electron chi connectivity index (χ4n) is 5.59. The molecule has 2 fully saturated rings. The maximum Gasteiger partial charge on any atom is 0.337 e. The van der Waals surface area contributed by atoms with Gasteiger partial charge in [-0.3, -0.25) is 9.59 Å². The lowest BCUT2D eigenvalue weighted by Crippen LogP contribution is -2.46. The van der Waals surface area contributed by atoms with Crippen molar-refractivity contribution in [3.63, 3.8) is 0 Å². The number of anilines is 2. The summed E-state index contributed by atoms with van der Waals surface area (Å²) in [5.41, 5.74) is 6.72. The van der Waals surface area contributed by atoms with Crippen molar-refractivity contribution in [2.75, 3.05) is 11.1 Å². The van der Waals surface area contributed by atoms with Crippen LogP contribution in [-0.2, 0) is 16.1 Å². The second-order valence-corrected chi connectivity index (χ2v) is 10.6. The standard InChI is InChI=1S/C25H22BrN7O4/c1-25-8-14(23(35)31-17-7-3-6-16(26)30-17)33(15(25)9-25)18(34)10-32-20-12(4-2-5-13(20)24(36)37)19-21(27)28-11-29-22(19)32/h2-7,11,14-15H,8-10H2,1H3,(H,36,37)(H2,27,28,29)(H,30,31,35)/t14-,15+,25-/m0/s1. The van der Waals surface area contributed by atoms with Crippen molar-refractivity contribution in [2.24, 2.45) is 5.41 Å². The monoisotopic (exact) mass is 563 g/mol. The molecule has 1 aromatic carbocycles. The Morgan fingerprint density at radius 2 is 1.97 bits per heavy atom. The van der Waals surface area contributed by atoms with Crippen LogP contribution < -0.4 is 11.1 Å². The zero-order valence-electron chi connectivity index (χ0n) is 19.7. The van der Waals surface area contributed by atoms with E-state index >= 15 is 0 Å². The van der Waals surface area contributed by atoms with Crippen molar-refractivity contribution < 1.29 is 19.5 Å². The summed E-state index contributed by atoms with van der Waals surface area (Å²) in [6, 6.07) is 9.28. The van der Waals surface area contributed by atoms with Crippen LogP contribution in [0.5, 0.6) is 0 Å². The molecule has 4 N–H and O–H groups in total. The molecule has 2 aliphatic rings. The van der Waals surface area contributed by atoms with Crippen LogP contribution in [-0.4, -0.2) is 59.4 Å². The SMILES string of the molecule is C[C@@]12C[C@@H](C(=O)Nc3cccc(Br)n3)N(C(=O)Cn3c4ncnc(N)c4c4cccc(C(=O)O)c43)[C@@H]1C2. The van der Waals surface area contributed by atoms with E-state index < -0.39 is 12.0 Å². The Morgan fingerprint density at radius 3 is 2.73 bits per heavy atom. The molecule has 3 atom stereocenters. The maximum absolute atomic E-state index is 13.8. The molecule has 1 aliphatic carbocycles. The summed E-state index contributed by atoms with van der Waals surface area (Å²) in [7, 11) is 0. The van der Waals surface area contributed by atoms with E-state index in [-0.39, 0.29) is 41.2 Å². The number of fused-ring (bicyclic) bond motifs is 4. The van der Waals surface area contributed by atoms with Crippen LogP contribution in [0.1, 0.15) is 30.1 Å². The number of nitrogens with one attached hydrogen (secondary N) is 1. The highest BCUT2D eigenvalue weighted by molar-refractivity contribution is 9.10. The number of aromatic nitrogens is 4. The van der Waals surface area contributed by atoms with Crippen molar-refractivity contribution in [1.82, 2.24) is 24.4 Å². The van der Waals surface area contributed by atoms with Gasteiger partial charge in [0, 0.05) is 11.4 Å². The number of nitrogen functional groups attached to an aromatic ring is 1. The Balaban J connectivity index is 1.39. The first kappa shape index (κ1) is 23.3. The first-order chi connectivity index (χ1) is 17.7. The molecule has 188 valence electrons. The van der Waals surface area contributed by atoms with Crippen LogP contribution in [0.3, 0.4) is 0 Å². The molecule has 12 heteroatoms. The fraction of sp³-hybridized carbons (Fsp3) is 0.280. The van der Waals surface area contributed by atoms with Crippen molar-refractivity contribution in [3.8, 4) is 0 Å². The van der Waals surface area contributed by atoms with Gasteiger partial charge < -0.3 is 25.6 Å². The second-order valence-electron chi connectivity index (χ2n) is 9.78. The number of nitrogens with zero attached hydrogens (tertiary/aromatic N) is 5. The lowest BCUT2D eigenvalue weighted by Gasteiger charge is -2.27. The third-order valence-electron chi connectivity index (χ3n) is 7.40. The lowest BCUT2D eigenvalue weighted by atomic mass is 10.0. The van der Waals surface area contributed by atoms with Crippen LogP contribution in [0, 0.1) is 5.41 Å². The number of nitrogens with two attached hydrogens (primary N) is 1. The highest BCUT2D eigenvalue weighted by Crippen LogP contribution is 2.59. The highest BCUT2D eigenvalue weighted by Gasteiger charge is 2.64. The zero-order chi connectivity index (χ0) is 26.1. The number of hydrogen-bond acceptors (Lipinski definition) is 7. The minimum absolute atomic E-state index is 0.0235. The van der Waals surface area contributed by atoms with Gasteiger partial charge in [-0.15, -0.1) is 0 Å². The number of piperidine rings is 1. The molecule has 0 bridgehead atoms. The first-order valence-corrected chi connectivity index (χ1v) is 12.5. The Morgan fingerprint density at radius 1 is 1.19 bits per heavy atom. The van der Waals surface area contributed by atoms with Gasteiger partial charge in [-0.05, 0) is 52.4 Å². The largest absolute Gasteiger partial charge is 0.478 e. The highest BCUT2D eigenvalue weighted by atomic mass is 79.9. The van der Waals surface area contributed by atoms with Crippen molar-refractivity contribution in [2.45, 2.75) is 38.4 Å². The summed E-state index contributed by atoms with van der Waals surface area (Å²) in [4.78, 5) is 53.5. The molecule has 0 unspecified atom stereocenters. The number of aromatic carboxylic acids is 1. The zero-order valence-corrected chi connectivity index (χ0v) is 21.3. The molecular weight excluding hydrogens is 542 g/mol. The topological polar surface area (TPSA) is 156 Å². The molecule has 11 nitrogen and oxygen atoms in total. The summed E-state index contributed by atoms with van der Waals surface area (Å²) < 4.78 is 2.15. The molecule has 1 saturated heterocycles. The van der Waals surface area contributed by atoms with Crippen LogP contribution in [0.15, 0.2) is 47.3 Å². The molecule has 0 spiro atoms. The summed E-state index contributed by atoms with van der Waals surface area (Å²) in [5.74, 6) is -1.17. The molecule has 1 aliphatic heterocycles. The number of carbonyl (C=O) groups excluding carboxylic acids is 2. The van der Waals surface area contributed by atoms with Gasteiger partial charge in [-0.25, -0.2) is 19.7 Å². The number of benzene rings is 1. The molecule has 0 radical (unpaired) electrons. The number of para-hydroxylation sites is 1. The number of likely N-dealkylation sites (tertiary alicyclic amines) is 1. The van der Waals surface area contributed by atoms with E-state index in [9.17, 15) is 19.5 Å². The van der Waals surface area contributed by atoms with Gasteiger partial charge in [0.25, 0.3) is 0 Å². The van der Waals surface area contributed by atoms with Gasteiger partial charge >= 0.3 is 5.97 Å². The molecule has 6 rings (SSSR count). The number of carbonyl (C=O) groups is 3. The van der Waals surface area contributed by atoms with E-state index in [0.29, 0.717) is 38.8 Å². The lowest BCUT2D eigenvalue weighted by molar-refractivity contribution is -0.138. The summed E-state index contributed by atoms with van der Waals surface area (Å²) in [6.07, 6.45) is 2.62. The van der Waals surface area contributed by atoms with E-state index in [1.807, 2.05) is 0 Å². The minimum atomic E-state index is -1.14. The number of carboxylic acids is 1. The third-order valence-corrected chi connectivity index (χ3v) is 7.85. The molecule has 1 saturated carbocycles. The molecule has 2 amide bonds. The van der Waals surface area contributed by atoms with E-state index in [0.717, 1.165) is 6.42 Å². The van der Waals surface area contributed by atoms with E-state index in [1.165, 1.54) is 12.4 Å². The van der Waals surface area contributed by atoms with Gasteiger partial charge in [0.2, 0.25) is 11.8 Å². The average molecular weight is 564 g/mol. The number of hydrogen-bond donors (Lipinski definition) is 3. The van der Waals surface area contributed by atoms with Crippen LogP contribution in [0.4, 0.5) is 11.6 Å². The summed E-state index contributed by atoms with van der Waals surface area (Å²) in [5, 5.41) is 13.7.